The van der Waals surface area contributed by atoms with Gasteiger partial charge in [0.1, 0.15) is 22.3 Å². The Morgan fingerprint density at radius 3 is 2.58 bits per heavy atom. The summed E-state index contributed by atoms with van der Waals surface area (Å²) in [5.74, 6) is 1.34. The molecule has 1 aliphatic rings. The molecule has 1 amide bonds. The molecule has 3 aromatic rings. The van der Waals surface area contributed by atoms with Crippen molar-refractivity contribution in [2.24, 2.45) is 0 Å². The summed E-state index contributed by atoms with van der Waals surface area (Å²) in [5.41, 5.74) is 0.142. The number of carboxylic acid groups (broad SMARTS) is 1. The Bertz CT molecular complexity index is 1150. The molecule has 0 spiro atoms. The number of thiazole rings is 1. The van der Waals surface area contributed by atoms with Crippen LogP contribution in [0.2, 0.25) is 0 Å². The number of furan rings is 1. The Balaban J connectivity index is 1.54. The van der Waals surface area contributed by atoms with Crippen LogP contribution in [0.15, 0.2) is 34.9 Å². The van der Waals surface area contributed by atoms with Crippen LogP contribution in [0.4, 0.5) is 0 Å². The highest BCUT2D eigenvalue weighted by Gasteiger charge is 2.54. The third kappa shape index (κ3) is 4.93. The summed E-state index contributed by atoms with van der Waals surface area (Å²) in [6.45, 7) is 4.42. The summed E-state index contributed by atoms with van der Waals surface area (Å²) in [6, 6.07) is 7.55. The Kier molecular flexibility index (Phi) is 6.51. The van der Waals surface area contributed by atoms with Crippen LogP contribution in [0.3, 0.4) is 0 Å². The van der Waals surface area contributed by atoms with Crippen molar-refractivity contribution in [1.82, 2.24) is 14.9 Å². The van der Waals surface area contributed by atoms with Gasteiger partial charge in [-0.3, -0.25) is 9.78 Å². The maximum Gasteiger partial charge on any atom is 0.355 e. The van der Waals surface area contributed by atoms with Gasteiger partial charge in [-0.25, -0.2) is 9.78 Å². The molecule has 0 aromatic carbocycles. The molecule has 1 saturated carbocycles. The number of carbonyl (C=O) groups excluding carboxylic acids is 1. The number of nitrogens with zero attached hydrogens (tertiary/aromatic N) is 3. The number of hydrogen-bond acceptors (Lipinski definition) is 7. The van der Waals surface area contributed by atoms with E-state index in [0.717, 1.165) is 36.5 Å². The van der Waals surface area contributed by atoms with Crippen LogP contribution >= 0.6 is 11.3 Å². The molecule has 1 aliphatic carbocycles. The first-order valence-electron chi connectivity index (χ1n) is 10.9. The van der Waals surface area contributed by atoms with Crippen molar-refractivity contribution >= 4 is 23.2 Å². The van der Waals surface area contributed by atoms with Gasteiger partial charge in [0.15, 0.2) is 5.69 Å². The van der Waals surface area contributed by atoms with Crippen LogP contribution in [0.1, 0.15) is 56.9 Å². The summed E-state index contributed by atoms with van der Waals surface area (Å²) in [5, 5.41) is 9.97. The number of carboxylic acids is 1. The van der Waals surface area contributed by atoms with Gasteiger partial charge >= 0.3 is 5.97 Å². The molecule has 0 unspecified atom stereocenters. The van der Waals surface area contributed by atoms with E-state index < -0.39 is 11.4 Å². The molecule has 0 aliphatic heterocycles. The molecule has 0 atom stereocenters. The van der Waals surface area contributed by atoms with Crippen LogP contribution in [0.5, 0.6) is 5.75 Å². The molecular weight excluding hydrogens is 442 g/mol. The lowest BCUT2D eigenvalue weighted by Crippen LogP contribution is -2.40. The van der Waals surface area contributed by atoms with E-state index in [0.29, 0.717) is 28.6 Å². The van der Waals surface area contributed by atoms with Gasteiger partial charge in [0.05, 0.1) is 31.0 Å². The van der Waals surface area contributed by atoms with Crippen molar-refractivity contribution in [2.75, 3.05) is 13.7 Å². The van der Waals surface area contributed by atoms with E-state index in [1.165, 1.54) is 11.3 Å². The van der Waals surface area contributed by atoms with Gasteiger partial charge in [0, 0.05) is 17.8 Å². The minimum atomic E-state index is -1.05. The molecule has 33 heavy (non-hydrogen) atoms. The zero-order chi connectivity index (χ0) is 23.6. The first-order chi connectivity index (χ1) is 15.8. The number of amides is 1. The van der Waals surface area contributed by atoms with Gasteiger partial charge in [-0.15, -0.1) is 11.3 Å². The van der Waals surface area contributed by atoms with Crippen molar-refractivity contribution < 1.29 is 23.8 Å². The summed E-state index contributed by atoms with van der Waals surface area (Å²) < 4.78 is 10.9. The molecule has 4 rings (SSSR count). The van der Waals surface area contributed by atoms with Gasteiger partial charge in [0.2, 0.25) is 5.91 Å². The Hall–Kier alpha value is -3.20. The van der Waals surface area contributed by atoms with E-state index in [1.807, 2.05) is 31.2 Å². The fraction of sp³-hybridized carbons (Fsp3) is 0.417. The maximum atomic E-state index is 13.8. The lowest BCUT2D eigenvalue weighted by molar-refractivity contribution is -0.134. The lowest BCUT2D eigenvalue weighted by atomic mass is 9.99. The number of aryl methyl sites for hydroxylation is 3. The average molecular weight is 470 g/mol. The van der Waals surface area contributed by atoms with E-state index in [1.54, 1.807) is 25.1 Å². The summed E-state index contributed by atoms with van der Waals surface area (Å²) in [6.07, 6.45) is 4.53. The highest BCUT2D eigenvalue weighted by molar-refractivity contribution is 7.11. The molecule has 174 valence electrons. The SMILES string of the molecule is COc1ccc(C2(C(=O)N(CCCc3ccc(C)o3)Cc3nc(C(=O)O)c(C)s3)CC2)nc1. The number of aromatic carboxylic acids is 1. The standard InChI is InChI=1S/C24H27N3O5S/c1-15-6-7-17(32-15)5-4-12-27(14-20-26-21(22(28)29)16(2)33-20)23(30)24(10-11-24)19-9-8-18(31-3)13-25-19/h6-9,13H,4-5,10-12,14H2,1-3H3,(H,28,29). The van der Waals surface area contributed by atoms with Crippen LogP contribution in [0, 0.1) is 13.8 Å². The van der Waals surface area contributed by atoms with E-state index in [2.05, 4.69) is 9.97 Å². The van der Waals surface area contributed by atoms with E-state index >= 15 is 0 Å². The molecule has 0 saturated heterocycles. The predicted octanol–water partition coefficient (Wildman–Crippen LogP) is 4.15. The minimum Gasteiger partial charge on any atom is -0.495 e. The summed E-state index contributed by atoms with van der Waals surface area (Å²) in [4.78, 5) is 36.4. The van der Waals surface area contributed by atoms with E-state index in [9.17, 15) is 14.7 Å². The fourth-order valence-corrected chi connectivity index (χ4v) is 4.93. The van der Waals surface area contributed by atoms with Gasteiger partial charge in [-0.05, 0) is 57.4 Å². The Morgan fingerprint density at radius 2 is 2.03 bits per heavy atom. The van der Waals surface area contributed by atoms with Gasteiger partial charge < -0.3 is 19.2 Å². The fourth-order valence-electron chi connectivity index (χ4n) is 3.99. The Labute approximate surface area is 196 Å². The van der Waals surface area contributed by atoms with Crippen molar-refractivity contribution in [1.29, 1.82) is 0 Å². The van der Waals surface area contributed by atoms with Crippen LogP contribution in [0.25, 0.3) is 0 Å². The zero-order valence-electron chi connectivity index (χ0n) is 19.0. The monoisotopic (exact) mass is 469 g/mol. The number of hydrogen-bond donors (Lipinski definition) is 1. The molecule has 1 N–H and O–H groups in total. The molecule has 3 aromatic heterocycles. The minimum absolute atomic E-state index is 0.000482. The lowest BCUT2D eigenvalue weighted by Gasteiger charge is -2.26. The highest BCUT2D eigenvalue weighted by atomic mass is 32.1. The van der Waals surface area contributed by atoms with Crippen molar-refractivity contribution in [3.8, 4) is 5.75 Å². The van der Waals surface area contributed by atoms with Gasteiger partial charge in [-0.2, -0.15) is 0 Å². The van der Waals surface area contributed by atoms with E-state index in [-0.39, 0.29) is 18.1 Å². The molecule has 0 radical (unpaired) electrons. The number of pyridine rings is 1. The van der Waals surface area contributed by atoms with Crippen LogP contribution in [-0.4, -0.2) is 45.5 Å². The topological polar surface area (TPSA) is 106 Å². The number of methoxy groups -OCH3 is 1. The smallest absolute Gasteiger partial charge is 0.355 e. The molecule has 1 fully saturated rings. The second-order valence-corrected chi connectivity index (χ2v) is 9.61. The number of carbonyl (C=O) groups is 2. The summed E-state index contributed by atoms with van der Waals surface area (Å²) >= 11 is 1.32. The zero-order valence-corrected chi connectivity index (χ0v) is 19.8. The van der Waals surface area contributed by atoms with Crippen molar-refractivity contribution in [3.05, 3.63) is 63.3 Å². The van der Waals surface area contributed by atoms with Crippen molar-refractivity contribution in [3.63, 3.8) is 0 Å². The first-order valence-corrected chi connectivity index (χ1v) is 11.7. The predicted molar refractivity (Wildman–Crippen MR) is 123 cm³/mol. The largest absolute Gasteiger partial charge is 0.495 e. The third-order valence-electron chi connectivity index (χ3n) is 5.93. The molecular formula is C24H27N3O5S. The second-order valence-electron chi connectivity index (χ2n) is 8.33. The molecule has 0 bridgehead atoms. The highest BCUT2D eigenvalue weighted by Crippen LogP contribution is 2.49. The van der Waals surface area contributed by atoms with Crippen molar-refractivity contribution in [2.45, 2.75) is 51.5 Å². The quantitative estimate of drug-likeness (QED) is 0.475. The third-order valence-corrected chi connectivity index (χ3v) is 6.88. The normalized spacial score (nSPS) is 14.2. The average Bonchev–Trinajstić information content (AvgIpc) is 3.38. The van der Waals surface area contributed by atoms with E-state index in [4.69, 9.17) is 9.15 Å². The molecule has 8 nitrogen and oxygen atoms in total. The number of rotatable bonds is 10. The second kappa shape index (κ2) is 9.35. The van der Waals surface area contributed by atoms with Crippen LogP contribution in [-0.2, 0) is 23.2 Å². The molecule has 9 heteroatoms. The first kappa shape index (κ1) is 23.0. The number of ether oxygens (including phenoxy) is 1. The van der Waals surface area contributed by atoms with Crippen LogP contribution < -0.4 is 4.74 Å². The molecule has 3 heterocycles. The summed E-state index contributed by atoms with van der Waals surface area (Å²) in [7, 11) is 1.58. The maximum absolute atomic E-state index is 13.8. The number of aromatic nitrogens is 2. The van der Waals surface area contributed by atoms with Gasteiger partial charge in [-0.1, -0.05) is 0 Å². The Morgan fingerprint density at radius 1 is 1.24 bits per heavy atom. The van der Waals surface area contributed by atoms with Gasteiger partial charge in [0.25, 0.3) is 0 Å².